The van der Waals surface area contributed by atoms with Gasteiger partial charge in [0.1, 0.15) is 0 Å². The molecule has 1 atom stereocenters. The first kappa shape index (κ1) is 29.6. The number of nitrogens with zero attached hydrogens (tertiary/aromatic N) is 5. The van der Waals surface area contributed by atoms with Crippen molar-refractivity contribution in [2.24, 2.45) is 5.10 Å². The molecular weight excluding hydrogens is 617 g/mol. The van der Waals surface area contributed by atoms with Crippen molar-refractivity contribution in [1.29, 1.82) is 0 Å². The number of carbonyl (C=O) groups excluding carboxylic acids is 2. The minimum absolute atomic E-state index is 0.0660. The molecule has 0 saturated heterocycles. The lowest BCUT2D eigenvalue weighted by Crippen LogP contribution is -2.29. The summed E-state index contributed by atoms with van der Waals surface area (Å²) < 4.78 is 13.1. The summed E-state index contributed by atoms with van der Waals surface area (Å²) in [4.78, 5) is 28.1. The second-order valence-corrected chi connectivity index (χ2v) is 12.4. The smallest absolute Gasteiger partial charge is 0.261 e. The van der Waals surface area contributed by atoms with Crippen LogP contribution in [0.15, 0.2) is 93.8 Å². The molecule has 4 heterocycles. The lowest BCUT2D eigenvalue weighted by molar-refractivity contribution is -0.130. The molecule has 6 rings (SSSR count). The van der Waals surface area contributed by atoms with Crippen LogP contribution in [-0.4, -0.2) is 57.3 Å². The van der Waals surface area contributed by atoms with E-state index in [2.05, 4.69) is 15.5 Å². The highest BCUT2D eigenvalue weighted by Crippen LogP contribution is 2.42. The summed E-state index contributed by atoms with van der Waals surface area (Å²) >= 11 is 4.23. The second-order valence-electron chi connectivity index (χ2n) is 9.58. The SMILES string of the molecule is COc1cccc([C@@H]2CC(c3cccs3)=NN2C(=O)CSc2nnc(CNC(=O)c3cccs3)n2-c2ccccc2)c1OC. The van der Waals surface area contributed by atoms with Gasteiger partial charge in [-0.1, -0.05) is 54.2 Å². The summed E-state index contributed by atoms with van der Waals surface area (Å²) in [6.45, 7) is 0.172. The summed E-state index contributed by atoms with van der Waals surface area (Å²) in [5, 5.41) is 22.4. The standard InChI is InChI=1S/C31H28N6O4S3/c1-40-24-12-6-11-21(29(24)41-2)23-17-22(25-13-7-15-42-25)35-37(23)28(38)19-44-31-34-33-27(36(31)20-9-4-3-5-10-20)18-32-30(39)26-14-8-16-43-26/h3-16,23H,17-19H2,1-2H3,(H,32,39)/t23-/m0/s1. The minimum Gasteiger partial charge on any atom is -0.493 e. The van der Waals surface area contributed by atoms with Crippen LogP contribution in [-0.2, 0) is 11.3 Å². The van der Waals surface area contributed by atoms with E-state index in [1.54, 1.807) is 36.6 Å². The van der Waals surface area contributed by atoms with Crippen LogP contribution in [0.5, 0.6) is 11.5 Å². The number of nitrogens with one attached hydrogen (secondary N) is 1. The van der Waals surface area contributed by atoms with Gasteiger partial charge < -0.3 is 14.8 Å². The Morgan fingerprint density at radius 3 is 2.50 bits per heavy atom. The van der Waals surface area contributed by atoms with Crippen molar-refractivity contribution in [3.8, 4) is 17.2 Å². The fraction of sp³-hybridized carbons (Fsp3) is 0.194. The number of hydrogen-bond donors (Lipinski definition) is 1. The van der Waals surface area contributed by atoms with E-state index in [1.807, 2.05) is 82.1 Å². The highest BCUT2D eigenvalue weighted by atomic mass is 32.2. The summed E-state index contributed by atoms with van der Waals surface area (Å²) in [5.41, 5.74) is 2.48. The average Bonchev–Trinajstić information content (AvgIpc) is 3.89. The summed E-state index contributed by atoms with van der Waals surface area (Å²) in [7, 11) is 3.18. The predicted octanol–water partition coefficient (Wildman–Crippen LogP) is 5.81. The molecule has 0 spiro atoms. The van der Waals surface area contributed by atoms with Gasteiger partial charge in [-0.3, -0.25) is 14.2 Å². The van der Waals surface area contributed by atoms with Crippen molar-refractivity contribution < 1.29 is 19.1 Å². The number of hydrazone groups is 1. The number of hydrogen-bond acceptors (Lipinski definition) is 10. The Morgan fingerprint density at radius 2 is 1.77 bits per heavy atom. The van der Waals surface area contributed by atoms with Crippen LogP contribution in [0.25, 0.3) is 5.69 Å². The second kappa shape index (κ2) is 13.5. The normalized spacial score (nSPS) is 14.4. The first-order valence-corrected chi connectivity index (χ1v) is 16.4. The molecule has 44 heavy (non-hydrogen) atoms. The fourth-order valence-electron chi connectivity index (χ4n) is 4.94. The number of aromatic nitrogens is 3. The lowest BCUT2D eigenvalue weighted by atomic mass is 9.99. The molecule has 0 saturated carbocycles. The quantitative estimate of drug-likeness (QED) is 0.181. The van der Waals surface area contributed by atoms with Gasteiger partial charge >= 0.3 is 0 Å². The number of thioether (sulfide) groups is 1. The Hall–Kier alpha value is -4.46. The molecule has 10 nitrogen and oxygen atoms in total. The number of methoxy groups -OCH3 is 2. The van der Waals surface area contributed by atoms with Crippen LogP contribution >= 0.6 is 34.4 Å². The van der Waals surface area contributed by atoms with Crippen LogP contribution in [0.1, 0.15) is 38.4 Å². The Morgan fingerprint density at radius 1 is 0.955 bits per heavy atom. The number of ether oxygens (including phenoxy) is 2. The Bertz CT molecular complexity index is 1770. The van der Waals surface area contributed by atoms with Gasteiger partial charge in [-0.2, -0.15) is 5.10 Å². The molecule has 2 amide bonds. The monoisotopic (exact) mass is 644 g/mol. The topological polar surface area (TPSA) is 111 Å². The molecular formula is C31H28N6O4S3. The van der Waals surface area contributed by atoms with Crippen molar-refractivity contribution in [3.05, 3.63) is 105 Å². The number of thiophene rings is 2. The van der Waals surface area contributed by atoms with E-state index in [0.717, 1.165) is 21.8 Å². The zero-order valence-electron chi connectivity index (χ0n) is 23.9. The Kier molecular flexibility index (Phi) is 9.05. The van der Waals surface area contributed by atoms with Crippen molar-refractivity contribution in [1.82, 2.24) is 25.1 Å². The third-order valence-corrected chi connectivity index (χ3v) is 9.66. The molecule has 1 aliphatic heterocycles. The van der Waals surface area contributed by atoms with Gasteiger partial charge in [-0.15, -0.1) is 32.9 Å². The molecule has 5 aromatic rings. The van der Waals surface area contributed by atoms with E-state index in [1.165, 1.54) is 23.1 Å². The van der Waals surface area contributed by atoms with Gasteiger partial charge in [-0.25, -0.2) is 5.01 Å². The first-order valence-electron chi connectivity index (χ1n) is 13.7. The largest absolute Gasteiger partial charge is 0.493 e. The maximum atomic E-state index is 13.9. The van der Waals surface area contributed by atoms with Gasteiger partial charge in [0.25, 0.3) is 11.8 Å². The van der Waals surface area contributed by atoms with Crippen molar-refractivity contribution in [2.45, 2.75) is 24.2 Å². The molecule has 1 N–H and O–H groups in total. The van der Waals surface area contributed by atoms with Gasteiger partial charge in [0, 0.05) is 17.7 Å². The molecule has 0 unspecified atom stereocenters. The third kappa shape index (κ3) is 6.11. The molecule has 0 aliphatic carbocycles. The molecule has 3 aromatic heterocycles. The zero-order valence-corrected chi connectivity index (χ0v) is 26.3. The van der Waals surface area contributed by atoms with E-state index in [-0.39, 0.29) is 30.2 Å². The molecule has 224 valence electrons. The summed E-state index contributed by atoms with van der Waals surface area (Å²) in [6.07, 6.45) is 0.536. The number of para-hydroxylation sites is 2. The number of rotatable bonds is 11. The van der Waals surface area contributed by atoms with Crippen LogP contribution in [0.4, 0.5) is 0 Å². The third-order valence-electron chi connectivity index (χ3n) is 6.96. The van der Waals surface area contributed by atoms with Crippen molar-refractivity contribution in [3.63, 3.8) is 0 Å². The van der Waals surface area contributed by atoms with Crippen LogP contribution in [0.2, 0.25) is 0 Å². The van der Waals surface area contributed by atoms with E-state index in [4.69, 9.17) is 14.6 Å². The molecule has 0 radical (unpaired) electrons. The maximum Gasteiger partial charge on any atom is 0.261 e. The first-order chi connectivity index (χ1) is 21.6. The van der Waals surface area contributed by atoms with E-state index < -0.39 is 0 Å². The summed E-state index contributed by atoms with van der Waals surface area (Å²) in [5.74, 6) is 1.41. The molecule has 2 aromatic carbocycles. The fourth-order valence-corrected chi connectivity index (χ4v) is 7.12. The van der Waals surface area contributed by atoms with E-state index in [9.17, 15) is 9.59 Å². The lowest BCUT2D eigenvalue weighted by Gasteiger charge is -2.24. The van der Waals surface area contributed by atoms with Crippen molar-refractivity contribution >= 4 is 52.0 Å². The van der Waals surface area contributed by atoms with Gasteiger partial charge in [0.15, 0.2) is 22.5 Å². The zero-order chi connectivity index (χ0) is 30.5. The van der Waals surface area contributed by atoms with Crippen molar-refractivity contribution in [2.75, 3.05) is 20.0 Å². The average molecular weight is 645 g/mol. The molecule has 1 aliphatic rings. The van der Waals surface area contributed by atoms with Gasteiger partial charge in [0.2, 0.25) is 0 Å². The molecule has 13 heteroatoms. The minimum atomic E-state index is -0.375. The van der Waals surface area contributed by atoms with E-state index in [0.29, 0.717) is 33.8 Å². The maximum absolute atomic E-state index is 13.9. The predicted molar refractivity (Wildman–Crippen MR) is 172 cm³/mol. The van der Waals surface area contributed by atoms with Crippen LogP contribution in [0, 0.1) is 0 Å². The molecule has 0 bridgehead atoms. The highest BCUT2D eigenvalue weighted by molar-refractivity contribution is 7.99. The number of carbonyl (C=O) groups is 2. The summed E-state index contributed by atoms with van der Waals surface area (Å²) in [6, 6.07) is 22.5. The number of amides is 2. The van der Waals surface area contributed by atoms with Crippen LogP contribution in [0.3, 0.4) is 0 Å². The highest BCUT2D eigenvalue weighted by Gasteiger charge is 2.36. The number of benzene rings is 2. The Labute approximate surface area is 266 Å². The van der Waals surface area contributed by atoms with E-state index >= 15 is 0 Å². The molecule has 0 fully saturated rings. The van der Waals surface area contributed by atoms with Crippen LogP contribution < -0.4 is 14.8 Å². The van der Waals surface area contributed by atoms with Gasteiger partial charge in [0.05, 0.1) is 48.0 Å². The van der Waals surface area contributed by atoms with Gasteiger partial charge in [-0.05, 0) is 41.1 Å². The Balaban J connectivity index is 1.26.